The maximum Gasteiger partial charge on any atom is 0.269 e. The van der Waals surface area contributed by atoms with E-state index in [4.69, 9.17) is 0 Å². The molecule has 1 aliphatic rings. The second-order valence-electron chi connectivity index (χ2n) is 9.29. The van der Waals surface area contributed by atoms with Crippen molar-refractivity contribution < 1.29 is 8.42 Å². The highest BCUT2D eigenvalue weighted by Gasteiger charge is 2.28. The Bertz CT molecular complexity index is 1590. The van der Waals surface area contributed by atoms with E-state index in [-0.39, 0.29) is 4.90 Å². The normalized spacial score (nSPS) is 19.5. The quantitative estimate of drug-likeness (QED) is 0.356. The number of likely N-dealkylation sites (tertiary alicyclic amines) is 1. The largest absolute Gasteiger partial charge is 0.327 e. The molecule has 2 atom stereocenters. The molecule has 0 radical (unpaired) electrons. The summed E-state index contributed by atoms with van der Waals surface area (Å²) in [7, 11) is -3.74. The molecule has 3 aromatic heterocycles. The van der Waals surface area contributed by atoms with Gasteiger partial charge in [0.15, 0.2) is 5.65 Å². The fourth-order valence-corrected chi connectivity index (χ4v) is 6.59. The zero-order chi connectivity index (χ0) is 24.0. The molecule has 1 fully saturated rings. The SMILES string of the molecule is C[C@H]1C[C@@H](n2cnc3cnc4c(ccn4S(=O)(=O)c4ccccc4)c32)CCN1Cc1ccccc1. The number of benzene rings is 2. The molecule has 0 spiro atoms. The molecule has 5 aromatic rings. The first-order valence-electron chi connectivity index (χ1n) is 11.9. The summed E-state index contributed by atoms with van der Waals surface area (Å²) in [6, 6.07) is 21.6. The molecule has 7 nitrogen and oxygen atoms in total. The van der Waals surface area contributed by atoms with Gasteiger partial charge in [0.1, 0.15) is 5.52 Å². The highest BCUT2D eigenvalue weighted by molar-refractivity contribution is 7.90. The van der Waals surface area contributed by atoms with Gasteiger partial charge in [0, 0.05) is 36.8 Å². The summed E-state index contributed by atoms with van der Waals surface area (Å²) in [4.78, 5) is 11.9. The van der Waals surface area contributed by atoms with E-state index < -0.39 is 10.0 Å². The smallest absolute Gasteiger partial charge is 0.269 e. The number of aromatic nitrogens is 4. The number of hydrogen-bond acceptors (Lipinski definition) is 5. The van der Waals surface area contributed by atoms with Crippen molar-refractivity contribution in [3.63, 3.8) is 0 Å². The van der Waals surface area contributed by atoms with Gasteiger partial charge in [-0.1, -0.05) is 48.5 Å². The molecular formula is C27H27N5O2S. The predicted molar refractivity (Wildman–Crippen MR) is 137 cm³/mol. The molecule has 0 amide bonds. The Balaban J connectivity index is 1.34. The van der Waals surface area contributed by atoms with Crippen LogP contribution in [0.1, 0.15) is 31.4 Å². The van der Waals surface area contributed by atoms with Gasteiger partial charge in [-0.05, 0) is 43.5 Å². The third kappa shape index (κ3) is 3.83. The number of rotatable bonds is 5. The van der Waals surface area contributed by atoms with Gasteiger partial charge in [-0.2, -0.15) is 0 Å². The lowest BCUT2D eigenvalue weighted by Crippen LogP contribution is -2.40. The topological polar surface area (TPSA) is 73.0 Å². The zero-order valence-electron chi connectivity index (χ0n) is 19.5. The average molecular weight is 486 g/mol. The standard InChI is InChI=1S/C27H27N5O2S/c1-20-16-22(12-14-30(20)18-21-8-4-2-5-9-21)31-19-29-25-17-28-27-24(26(25)31)13-15-32(27)35(33,34)23-10-6-3-7-11-23/h2-11,13,15,17,19-20,22H,12,14,16,18H2,1H3/t20-,22-/m0/s1. The lowest BCUT2D eigenvalue weighted by molar-refractivity contribution is 0.120. The van der Waals surface area contributed by atoms with Crippen molar-refractivity contribution in [2.75, 3.05) is 6.54 Å². The Hall–Kier alpha value is -3.49. The molecular weight excluding hydrogens is 458 g/mol. The van der Waals surface area contributed by atoms with Gasteiger partial charge in [-0.15, -0.1) is 0 Å². The molecule has 8 heteroatoms. The van der Waals surface area contributed by atoms with Gasteiger partial charge in [-0.25, -0.2) is 22.4 Å². The van der Waals surface area contributed by atoms with Gasteiger partial charge in [0.25, 0.3) is 10.0 Å². The summed E-state index contributed by atoms with van der Waals surface area (Å²) >= 11 is 0. The van der Waals surface area contributed by atoms with Crippen LogP contribution >= 0.6 is 0 Å². The van der Waals surface area contributed by atoms with Crippen LogP contribution in [0.4, 0.5) is 0 Å². The van der Waals surface area contributed by atoms with Crippen molar-refractivity contribution in [1.29, 1.82) is 0 Å². The van der Waals surface area contributed by atoms with Crippen molar-refractivity contribution >= 4 is 32.1 Å². The predicted octanol–water partition coefficient (Wildman–Crippen LogP) is 4.85. The van der Waals surface area contributed by atoms with Gasteiger partial charge < -0.3 is 4.57 Å². The maximum atomic E-state index is 13.3. The first-order chi connectivity index (χ1) is 17.0. The number of hydrogen-bond donors (Lipinski definition) is 0. The fourth-order valence-electron chi connectivity index (χ4n) is 5.26. The van der Waals surface area contributed by atoms with Crippen LogP contribution in [0.2, 0.25) is 0 Å². The second-order valence-corrected chi connectivity index (χ2v) is 11.1. The maximum absolute atomic E-state index is 13.3. The Morgan fingerprint density at radius 3 is 2.46 bits per heavy atom. The molecule has 178 valence electrons. The average Bonchev–Trinajstić information content (AvgIpc) is 3.51. The molecule has 4 heterocycles. The second kappa shape index (κ2) is 8.62. The van der Waals surface area contributed by atoms with Crippen LogP contribution in [-0.4, -0.2) is 44.4 Å². The lowest BCUT2D eigenvalue weighted by atomic mass is 9.97. The van der Waals surface area contributed by atoms with E-state index in [1.807, 2.05) is 12.4 Å². The molecule has 0 N–H and O–H groups in total. The van der Waals surface area contributed by atoms with E-state index in [9.17, 15) is 8.42 Å². The first-order valence-corrected chi connectivity index (χ1v) is 13.4. The van der Waals surface area contributed by atoms with Crippen LogP contribution in [-0.2, 0) is 16.6 Å². The summed E-state index contributed by atoms with van der Waals surface area (Å²) < 4.78 is 30.1. The Kier molecular flexibility index (Phi) is 5.42. The van der Waals surface area contributed by atoms with Gasteiger partial charge in [-0.3, -0.25) is 4.90 Å². The van der Waals surface area contributed by atoms with E-state index in [1.165, 1.54) is 9.54 Å². The van der Waals surface area contributed by atoms with Crippen molar-refractivity contribution in [3.8, 4) is 0 Å². The molecule has 0 saturated carbocycles. The summed E-state index contributed by atoms with van der Waals surface area (Å²) in [5.41, 5.74) is 3.50. The lowest BCUT2D eigenvalue weighted by Gasteiger charge is -2.38. The highest BCUT2D eigenvalue weighted by atomic mass is 32.2. The van der Waals surface area contributed by atoms with E-state index >= 15 is 0 Å². The van der Waals surface area contributed by atoms with E-state index in [0.717, 1.165) is 42.4 Å². The van der Waals surface area contributed by atoms with E-state index in [2.05, 4.69) is 56.7 Å². The van der Waals surface area contributed by atoms with Gasteiger partial charge >= 0.3 is 0 Å². The summed E-state index contributed by atoms with van der Waals surface area (Å²) in [6.45, 7) is 4.24. The number of fused-ring (bicyclic) bond motifs is 3. The number of piperidine rings is 1. The summed E-state index contributed by atoms with van der Waals surface area (Å²) in [5, 5.41) is 0.805. The molecule has 35 heavy (non-hydrogen) atoms. The Morgan fingerprint density at radius 1 is 0.971 bits per heavy atom. The minimum atomic E-state index is -3.74. The van der Waals surface area contributed by atoms with Crippen LogP contribution in [0.15, 0.2) is 90.3 Å². The van der Waals surface area contributed by atoms with E-state index in [1.54, 1.807) is 42.7 Å². The van der Waals surface area contributed by atoms with Gasteiger partial charge in [0.2, 0.25) is 0 Å². The molecule has 0 unspecified atom stereocenters. The van der Waals surface area contributed by atoms with Gasteiger partial charge in [0.05, 0.1) is 22.9 Å². The van der Waals surface area contributed by atoms with Crippen molar-refractivity contribution in [3.05, 3.63) is 91.0 Å². The zero-order valence-corrected chi connectivity index (χ0v) is 20.3. The molecule has 2 aromatic carbocycles. The fraction of sp³-hybridized carbons (Fsp3) is 0.259. The van der Waals surface area contributed by atoms with Crippen molar-refractivity contribution in [1.82, 2.24) is 23.4 Å². The summed E-state index contributed by atoms with van der Waals surface area (Å²) in [6.07, 6.45) is 7.18. The molecule has 1 aliphatic heterocycles. The minimum absolute atomic E-state index is 0.243. The van der Waals surface area contributed by atoms with Crippen molar-refractivity contribution in [2.45, 2.75) is 43.3 Å². The third-order valence-corrected chi connectivity index (χ3v) is 8.80. The van der Waals surface area contributed by atoms with Crippen molar-refractivity contribution in [2.24, 2.45) is 0 Å². The van der Waals surface area contributed by atoms with E-state index in [0.29, 0.717) is 17.7 Å². The third-order valence-electron chi connectivity index (χ3n) is 7.12. The highest BCUT2D eigenvalue weighted by Crippen LogP contribution is 2.34. The van der Waals surface area contributed by atoms with Crippen LogP contribution in [0.3, 0.4) is 0 Å². The minimum Gasteiger partial charge on any atom is -0.327 e. The number of nitrogens with zero attached hydrogens (tertiary/aromatic N) is 5. The molecule has 0 aliphatic carbocycles. The van der Waals surface area contributed by atoms with Crippen LogP contribution in [0.5, 0.6) is 0 Å². The number of imidazole rings is 1. The molecule has 0 bridgehead atoms. The monoisotopic (exact) mass is 485 g/mol. The Morgan fingerprint density at radius 2 is 1.71 bits per heavy atom. The molecule has 6 rings (SSSR count). The van der Waals surface area contributed by atoms with Crippen LogP contribution < -0.4 is 0 Å². The molecule has 1 saturated heterocycles. The van der Waals surface area contributed by atoms with Crippen LogP contribution in [0.25, 0.3) is 22.1 Å². The summed E-state index contributed by atoms with van der Waals surface area (Å²) in [5.74, 6) is 0. The number of pyridine rings is 1. The first kappa shape index (κ1) is 22.0. The Labute approximate surface area is 204 Å². The van der Waals surface area contributed by atoms with Crippen LogP contribution in [0, 0.1) is 0 Å².